The monoisotopic (exact) mass is 235 g/mol. The van der Waals surface area contributed by atoms with E-state index in [1.807, 2.05) is 12.1 Å². The van der Waals surface area contributed by atoms with E-state index in [0.29, 0.717) is 12.9 Å². The summed E-state index contributed by atoms with van der Waals surface area (Å²) >= 11 is 0. The molecule has 2 aliphatic heterocycles. The zero-order valence-corrected chi connectivity index (χ0v) is 9.78. The first-order valence-corrected chi connectivity index (χ1v) is 6.13. The van der Waals surface area contributed by atoms with Gasteiger partial charge in [0.2, 0.25) is 6.79 Å². The smallest absolute Gasteiger partial charge is 0.231 e. The van der Waals surface area contributed by atoms with Crippen molar-refractivity contribution in [1.82, 2.24) is 5.32 Å². The number of ether oxygens (including phenoxy) is 3. The Morgan fingerprint density at radius 3 is 3.06 bits per heavy atom. The van der Waals surface area contributed by atoms with E-state index in [4.69, 9.17) is 14.2 Å². The van der Waals surface area contributed by atoms with Crippen molar-refractivity contribution in [2.75, 3.05) is 19.9 Å². The van der Waals surface area contributed by atoms with E-state index in [2.05, 4.69) is 11.4 Å². The fourth-order valence-corrected chi connectivity index (χ4v) is 2.23. The van der Waals surface area contributed by atoms with Crippen LogP contribution in [0.15, 0.2) is 18.2 Å². The zero-order valence-electron chi connectivity index (χ0n) is 9.78. The van der Waals surface area contributed by atoms with Crippen molar-refractivity contribution in [3.63, 3.8) is 0 Å². The summed E-state index contributed by atoms with van der Waals surface area (Å²) in [5, 5.41) is 3.41. The summed E-state index contributed by atoms with van der Waals surface area (Å²) in [5.74, 6) is 1.69. The number of fused-ring (bicyclic) bond motifs is 1. The Hall–Kier alpha value is -1.26. The number of hydrogen-bond donors (Lipinski definition) is 1. The lowest BCUT2D eigenvalue weighted by molar-refractivity contribution is 0.110. The topological polar surface area (TPSA) is 39.7 Å². The van der Waals surface area contributed by atoms with Gasteiger partial charge in [0, 0.05) is 19.7 Å². The second-order valence-electron chi connectivity index (χ2n) is 4.45. The van der Waals surface area contributed by atoms with Gasteiger partial charge in [-0.15, -0.1) is 0 Å². The molecule has 0 aliphatic carbocycles. The first-order chi connectivity index (χ1) is 8.42. The highest BCUT2D eigenvalue weighted by molar-refractivity contribution is 5.44. The van der Waals surface area contributed by atoms with Gasteiger partial charge in [0.1, 0.15) is 0 Å². The maximum atomic E-state index is 5.56. The highest BCUT2D eigenvalue weighted by Crippen LogP contribution is 2.32. The van der Waals surface area contributed by atoms with Gasteiger partial charge in [0.25, 0.3) is 0 Å². The molecule has 1 atom stereocenters. The van der Waals surface area contributed by atoms with Gasteiger partial charge >= 0.3 is 0 Å². The van der Waals surface area contributed by atoms with Gasteiger partial charge < -0.3 is 19.5 Å². The van der Waals surface area contributed by atoms with Gasteiger partial charge in [-0.25, -0.2) is 0 Å². The molecule has 0 saturated carbocycles. The predicted molar refractivity (Wildman–Crippen MR) is 63.2 cm³/mol. The van der Waals surface area contributed by atoms with Crippen LogP contribution < -0.4 is 14.8 Å². The highest BCUT2D eigenvalue weighted by atomic mass is 16.7. The normalized spacial score (nSPS) is 22.0. The summed E-state index contributed by atoms with van der Waals surface area (Å²) in [4.78, 5) is 0. The lowest BCUT2D eigenvalue weighted by Gasteiger charge is -2.10. The minimum atomic E-state index is 0.335. The van der Waals surface area contributed by atoms with Crippen LogP contribution in [0.4, 0.5) is 0 Å². The van der Waals surface area contributed by atoms with E-state index in [1.165, 1.54) is 18.4 Å². The van der Waals surface area contributed by atoms with Crippen LogP contribution in [0.25, 0.3) is 0 Å². The Balaban J connectivity index is 1.51. The van der Waals surface area contributed by atoms with Gasteiger partial charge in [-0.05, 0) is 30.5 Å². The number of hydrogen-bond acceptors (Lipinski definition) is 4. The van der Waals surface area contributed by atoms with E-state index < -0.39 is 0 Å². The van der Waals surface area contributed by atoms with E-state index in [1.54, 1.807) is 0 Å². The average Bonchev–Trinajstić information content (AvgIpc) is 2.98. The summed E-state index contributed by atoms with van der Waals surface area (Å²) in [6.07, 6.45) is 2.76. The Morgan fingerprint density at radius 1 is 1.24 bits per heavy atom. The Bertz CT molecular complexity index is 388. The van der Waals surface area contributed by atoms with Crippen LogP contribution in [0, 0.1) is 0 Å². The second-order valence-corrected chi connectivity index (χ2v) is 4.45. The molecule has 1 fully saturated rings. The SMILES string of the molecule is c1cc2c(cc1CNC[C@@H]1CCCO1)OCO2. The lowest BCUT2D eigenvalue weighted by atomic mass is 10.2. The van der Waals surface area contributed by atoms with Crippen molar-refractivity contribution < 1.29 is 14.2 Å². The van der Waals surface area contributed by atoms with Crippen LogP contribution in [0.1, 0.15) is 18.4 Å². The number of nitrogens with one attached hydrogen (secondary N) is 1. The van der Waals surface area contributed by atoms with Crippen LogP contribution in [0.5, 0.6) is 11.5 Å². The van der Waals surface area contributed by atoms with Gasteiger partial charge in [-0.1, -0.05) is 6.07 Å². The van der Waals surface area contributed by atoms with Crippen LogP contribution in [-0.2, 0) is 11.3 Å². The molecule has 1 saturated heterocycles. The minimum absolute atomic E-state index is 0.335. The molecule has 0 aromatic heterocycles. The quantitative estimate of drug-likeness (QED) is 0.862. The zero-order chi connectivity index (χ0) is 11.5. The third-order valence-electron chi connectivity index (χ3n) is 3.16. The van der Waals surface area contributed by atoms with Gasteiger partial charge in [0.15, 0.2) is 11.5 Å². The first-order valence-electron chi connectivity index (χ1n) is 6.13. The molecule has 1 aromatic carbocycles. The molecular formula is C13H17NO3. The van der Waals surface area contributed by atoms with Crippen molar-refractivity contribution in [2.24, 2.45) is 0 Å². The Morgan fingerprint density at radius 2 is 2.18 bits per heavy atom. The maximum absolute atomic E-state index is 5.56. The Kier molecular flexibility index (Phi) is 3.16. The van der Waals surface area contributed by atoms with E-state index in [9.17, 15) is 0 Å². The van der Waals surface area contributed by atoms with Crippen molar-refractivity contribution in [3.8, 4) is 11.5 Å². The fourth-order valence-electron chi connectivity index (χ4n) is 2.23. The summed E-state index contributed by atoms with van der Waals surface area (Å²) < 4.78 is 16.2. The molecule has 3 rings (SSSR count). The molecule has 2 aliphatic rings. The third kappa shape index (κ3) is 2.53. The maximum Gasteiger partial charge on any atom is 0.231 e. The molecule has 17 heavy (non-hydrogen) atoms. The van der Waals surface area contributed by atoms with Crippen molar-refractivity contribution in [1.29, 1.82) is 0 Å². The van der Waals surface area contributed by atoms with E-state index >= 15 is 0 Å². The molecule has 4 nitrogen and oxygen atoms in total. The molecule has 4 heteroatoms. The molecule has 92 valence electrons. The molecule has 1 aromatic rings. The van der Waals surface area contributed by atoms with E-state index in [-0.39, 0.29) is 0 Å². The largest absolute Gasteiger partial charge is 0.454 e. The standard InChI is InChI=1S/C13H17NO3/c1-2-11(15-5-1)8-14-7-10-3-4-12-13(6-10)17-9-16-12/h3-4,6,11,14H,1-2,5,7-9H2/t11-/m0/s1. The van der Waals surface area contributed by atoms with E-state index in [0.717, 1.165) is 31.2 Å². The highest BCUT2D eigenvalue weighted by Gasteiger charge is 2.15. The van der Waals surface area contributed by atoms with Crippen molar-refractivity contribution >= 4 is 0 Å². The number of rotatable bonds is 4. The fraction of sp³-hybridized carbons (Fsp3) is 0.538. The van der Waals surface area contributed by atoms with Crippen LogP contribution in [-0.4, -0.2) is 26.0 Å². The second kappa shape index (κ2) is 4.94. The van der Waals surface area contributed by atoms with Gasteiger partial charge in [-0.2, -0.15) is 0 Å². The lowest BCUT2D eigenvalue weighted by Crippen LogP contribution is -2.25. The Labute approximate surface area is 101 Å². The number of benzene rings is 1. The molecule has 2 heterocycles. The van der Waals surface area contributed by atoms with Crippen LogP contribution in [0.3, 0.4) is 0 Å². The summed E-state index contributed by atoms with van der Waals surface area (Å²) in [7, 11) is 0. The summed E-state index contributed by atoms with van der Waals surface area (Å²) in [6.45, 7) is 3.02. The molecule has 1 N–H and O–H groups in total. The summed E-state index contributed by atoms with van der Waals surface area (Å²) in [5.41, 5.74) is 1.22. The molecule has 0 bridgehead atoms. The molecular weight excluding hydrogens is 218 g/mol. The van der Waals surface area contributed by atoms with Crippen molar-refractivity contribution in [3.05, 3.63) is 23.8 Å². The third-order valence-corrected chi connectivity index (χ3v) is 3.16. The van der Waals surface area contributed by atoms with Crippen LogP contribution >= 0.6 is 0 Å². The molecule has 0 radical (unpaired) electrons. The summed E-state index contributed by atoms with van der Waals surface area (Å²) in [6, 6.07) is 6.06. The van der Waals surface area contributed by atoms with Gasteiger partial charge in [-0.3, -0.25) is 0 Å². The molecule has 0 amide bonds. The average molecular weight is 235 g/mol. The van der Waals surface area contributed by atoms with Crippen molar-refractivity contribution in [2.45, 2.75) is 25.5 Å². The molecule has 0 spiro atoms. The van der Waals surface area contributed by atoms with Crippen LogP contribution in [0.2, 0.25) is 0 Å². The van der Waals surface area contributed by atoms with Gasteiger partial charge in [0.05, 0.1) is 6.10 Å². The first kappa shape index (κ1) is 10.9. The molecule has 0 unspecified atom stereocenters. The predicted octanol–water partition coefficient (Wildman–Crippen LogP) is 1.68. The minimum Gasteiger partial charge on any atom is -0.454 e.